The van der Waals surface area contributed by atoms with Crippen LogP contribution in [-0.4, -0.2) is 53.8 Å². The Hall–Kier alpha value is -2.91. The first-order valence-corrected chi connectivity index (χ1v) is 10.1. The summed E-state index contributed by atoms with van der Waals surface area (Å²) in [5, 5.41) is 11.0. The van der Waals surface area contributed by atoms with Gasteiger partial charge in [0.25, 0.3) is 5.91 Å². The highest BCUT2D eigenvalue weighted by Crippen LogP contribution is 2.35. The molecule has 2 aromatic rings. The van der Waals surface area contributed by atoms with Crippen molar-refractivity contribution in [2.24, 2.45) is 5.92 Å². The summed E-state index contributed by atoms with van der Waals surface area (Å²) in [4.78, 5) is 19.6. The number of alkyl halides is 3. The molecule has 2 aromatic heterocycles. The zero-order chi connectivity index (χ0) is 21.1. The molecule has 1 saturated heterocycles. The van der Waals surface area contributed by atoms with Crippen molar-refractivity contribution in [2.45, 2.75) is 25.4 Å². The van der Waals surface area contributed by atoms with Crippen molar-refractivity contribution in [3.8, 4) is 0 Å². The maximum absolute atomic E-state index is 13.2. The fourth-order valence-electron chi connectivity index (χ4n) is 3.52. The van der Waals surface area contributed by atoms with Crippen molar-refractivity contribution in [3.05, 3.63) is 41.7 Å². The molecule has 30 heavy (non-hydrogen) atoms. The largest absolute Gasteiger partial charge is 0.419 e. The molecular weight excluding hydrogens is 397 g/mol. The van der Waals surface area contributed by atoms with Gasteiger partial charge in [0.2, 0.25) is 0 Å². The van der Waals surface area contributed by atoms with Gasteiger partial charge in [0.15, 0.2) is 11.5 Å². The lowest BCUT2D eigenvalue weighted by molar-refractivity contribution is -0.137. The van der Waals surface area contributed by atoms with Gasteiger partial charge in [-0.15, -0.1) is 10.2 Å². The van der Waals surface area contributed by atoms with Crippen molar-refractivity contribution in [1.82, 2.24) is 20.5 Å². The summed E-state index contributed by atoms with van der Waals surface area (Å²) in [7, 11) is 0. The highest BCUT2D eigenvalue weighted by atomic mass is 19.4. The van der Waals surface area contributed by atoms with Gasteiger partial charge >= 0.3 is 6.18 Å². The second-order valence-corrected chi connectivity index (χ2v) is 7.61. The lowest BCUT2D eigenvalue weighted by Gasteiger charge is -2.36. The number of hydrogen-bond donors (Lipinski definition) is 1. The molecule has 2 aliphatic rings. The number of carbonyl (C=O) groups is 1. The Morgan fingerprint density at radius 2 is 1.80 bits per heavy atom. The fourth-order valence-corrected chi connectivity index (χ4v) is 3.52. The van der Waals surface area contributed by atoms with Crippen molar-refractivity contribution in [2.75, 3.05) is 42.5 Å². The van der Waals surface area contributed by atoms with Crippen LogP contribution >= 0.6 is 0 Å². The van der Waals surface area contributed by atoms with Crippen LogP contribution in [0.1, 0.15) is 35.3 Å². The zero-order valence-electron chi connectivity index (χ0n) is 16.4. The van der Waals surface area contributed by atoms with E-state index in [1.54, 1.807) is 17.0 Å². The number of amides is 1. The van der Waals surface area contributed by atoms with Gasteiger partial charge in [-0.25, -0.2) is 4.98 Å². The lowest BCUT2D eigenvalue weighted by atomic mass is 10.2. The smallest absolute Gasteiger partial charge is 0.353 e. The maximum Gasteiger partial charge on any atom is 0.419 e. The van der Waals surface area contributed by atoms with E-state index in [-0.39, 0.29) is 17.4 Å². The molecule has 4 rings (SSSR count). The number of anilines is 2. The molecule has 2 fully saturated rings. The minimum atomic E-state index is -4.44. The fraction of sp³-hybridized carbons (Fsp3) is 0.500. The average molecular weight is 420 g/mol. The minimum absolute atomic E-state index is 0.0473. The van der Waals surface area contributed by atoms with Gasteiger partial charge in [0, 0.05) is 38.9 Å². The molecule has 3 heterocycles. The van der Waals surface area contributed by atoms with Gasteiger partial charge in [-0.05, 0) is 36.6 Å². The second kappa shape index (κ2) is 8.45. The highest BCUT2D eigenvalue weighted by molar-refractivity contribution is 5.92. The van der Waals surface area contributed by atoms with E-state index in [1.165, 1.54) is 25.1 Å². The first-order valence-electron chi connectivity index (χ1n) is 10.1. The van der Waals surface area contributed by atoms with E-state index >= 15 is 0 Å². The Labute approximate surface area is 172 Å². The zero-order valence-corrected chi connectivity index (χ0v) is 16.4. The molecule has 0 aromatic carbocycles. The number of nitrogens with zero attached hydrogens (tertiary/aromatic N) is 5. The molecule has 0 spiro atoms. The topological polar surface area (TPSA) is 74.2 Å². The van der Waals surface area contributed by atoms with Crippen LogP contribution in [0.2, 0.25) is 0 Å². The van der Waals surface area contributed by atoms with Crippen molar-refractivity contribution in [3.63, 3.8) is 0 Å². The highest BCUT2D eigenvalue weighted by Gasteiger charge is 2.36. The second-order valence-electron chi connectivity index (χ2n) is 7.61. The number of pyridine rings is 1. The van der Waals surface area contributed by atoms with Gasteiger partial charge in [-0.1, -0.05) is 12.8 Å². The van der Waals surface area contributed by atoms with E-state index in [4.69, 9.17) is 0 Å². The van der Waals surface area contributed by atoms with Crippen molar-refractivity contribution >= 4 is 17.5 Å². The Morgan fingerprint density at radius 1 is 1.07 bits per heavy atom. The third kappa shape index (κ3) is 4.80. The van der Waals surface area contributed by atoms with Crippen LogP contribution in [0.25, 0.3) is 0 Å². The van der Waals surface area contributed by atoms with Crippen LogP contribution in [-0.2, 0) is 6.18 Å². The number of carbonyl (C=O) groups excluding carboxylic acids is 1. The summed E-state index contributed by atoms with van der Waals surface area (Å²) in [5.74, 6) is 1.06. The van der Waals surface area contributed by atoms with E-state index in [1.807, 2.05) is 4.90 Å². The van der Waals surface area contributed by atoms with Gasteiger partial charge in [0.05, 0.1) is 5.56 Å². The number of halogens is 3. The van der Waals surface area contributed by atoms with Crippen LogP contribution in [0.15, 0.2) is 30.5 Å². The number of aromatic nitrogens is 3. The van der Waals surface area contributed by atoms with E-state index in [2.05, 4.69) is 20.5 Å². The van der Waals surface area contributed by atoms with Crippen LogP contribution in [0, 0.1) is 5.92 Å². The SMILES string of the molecule is O=C(NCCC1CC1)c1ccc(N2CCN(c3ncccc3C(F)(F)F)CC2)nn1. The summed E-state index contributed by atoms with van der Waals surface area (Å²) in [6, 6.07) is 5.69. The maximum atomic E-state index is 13.2. The van der Waals surface area contributed by atoms with E-state index in [0.29, 0.717) is 38.5 Å². The average Bonchev–Trinajstić information content (AvgIpc) is 3.58. The molecule has 0 unspecified atom stereocenters. The molecule has 1 amide bonds. The minimum Gasteiger partial charge on any atom is -0.353 e. The predicted octanol–water partition coefficient (Wildman–Crippen LogP) is 2.75. The van der Waals surface area contributed by atoms with Gasteiger partial charge < -0.3 is 15.1 Å². The first-order chi connectivity index (χ1) is 14.4. The van der Waals surface area contributed by atoms with Gasteiger partial charge in [0.1, 0.15) is 5.82 Å². The molecule has 7 nitrogen and oxygen atoms in total. The number of hydrogen-bond acceptors (Lipinski definition) is 6. The molecular formula is C20H23F3N6O. The Kier molecular flexibility index (Phi) is 5.74. The molecule has 1 aliphatic carbocycles. The Balaban J connectivity index is 1.33. The molecule has 1 saturated carbocycles. The van der Waals surface area contributed by atoms with Crippen LogP contribution in [0.3, 0.4) is 0 Å². The summed E-state index contributed by atoms with van der Waals surface area (Å²) in [5.41, 5.74) is -0.466. The van der Waals surface area contributed by atoms with Crippen LogP contribution in [0.4, 0.5) is 24.8 Å². The summed E-state index contributed by atoms with van der Waals surface area (Å²) in [6.45, 7) is 2.36. The number of piperazine rings is 1. The molecule has 0 bridgehead atoms. The van der Waals surface area contributed by atoms with E-state index < -0.39 is 11.7 Å². The normalized spacial score (nSPS) is 17.2. The van der Waals surface area contributed by atoms with Gasteiger partial charge in [-0.2, -0.15) is 13.2 Å². The van der Waals surface area contributed by atoms with Crippen LogP contribution in [0.5, 0.6) is 0 Å². The van der Waals surface area contributed by atoms with Crippen molar-refractivity contribution < 1.29 is 18.0 Å². The molecule has 1 aliphatic heterocycles. The lowest BCUT2D eigenvalue weighted by Crippen LogP contribution is -2.47. The molecule has 160 valence electrons. The Morgan fingerprint density at radius 3 is 2.43 bits per heavy atom. The molecule has 0 atom stereocenters. The molecule has 0 radical (unpaired) electrons. The quantitative estimate of drug-likeness (QED) is 0.775. The molecule has 1 N–H and O–H groups in total. The number of nitrogens with one attached hydrogen (secondary N) is 1. The third-order valence-corrected chi connectivity index (χ3v) is 5.41. The monoisotopic (exact) mass is 420 g/mol. The van der Waals surface area contributed by atoms with Crippen molar-refractivity contribution in [1.29, 1.82) is 0 Å². The molecule has 10 heteroatoms. The Bertz CT molecular complexity index is 877. The third-order valence-electron chi connectivity index (χ3n) is 5.41. The number of rotatable bonds is 6. The summed E-state index contributed by atoms with van der Waals surface area (Å²) in [6.07, 6.45) is 0.414. The van der Waals surface area contributed by atoms with E-state index in [0.717, 1.165) is 18.4 Å². The first kappa shape index (κ1) is 20.4. The van der Waals surface area contributed by atoms with E-state index in [9.17, 15) is 18.0 Å². The standard InChI is InChI=1S/C20H23F3N6O/c21-20(22,23)15-2-1-8-24-18(15)29-12-10-28(11-13-29)17-6-5-16(26-27-17)19(30)25-9-7-14-3-4-14/h1-2,5-6,8,14H,3-4,7,9-13H2,(H,25,30). The van der Waals surface area contributed by atoms with Gasteiger partial charge in [-0.3, -0.25) is 4.79 Å². The van der Waals surface area contributed by atoms with Crippen LogP contribution < -0.4 is 15.1 Å². The predicted molar refractivity (Wildman–Crippen MR) is 105 cm³/mol. The summed E-state index contributed by atoms with van der Waals surface area (Å²) >= 11 is 0. The summed E-state index contributed by atoms with van der Waals surface area (Å²) < 4.78 is 39.7.